The maximum absolute atomic E-state index is 13.8. The number of carboxylic acids is 2. The summed E-state index contributed by atoms with van der Waals surface area (Å²) in [5.41, 5.74) is 9.42. The lowest BCUT2D eigenvalue weighted by molar-refractivity contribution is -0.146. The van der Waals surface area contributed by atoms with Crippen molar-refractivity contribution in [1.29, 1.82) is 0 Å². The van der Waals surface area contributed by atoms with Gasteiger partial charge in [-0.25, -0.2) is 9.78 Å². The molecule has 0 radical (unpaired) electrons. The summed E-state index contributed by atoms with van der Waals surface area (Å²) in [4.78, 5) is 68.4. The number of allylic oxidation sites excluding steroid dienone is 3. The maximum atomic E-state index is 13.8. The molecule has 4 N–H and O–H groups in total. The molecule has 5 rings (SSSR count). The molecule has 0 spiro atoms. The summed E-state index contributed by atoms with van der Waals surface area (Å²) < 4.78 is 16.6. The van der Waals surface area contributed by atoms with Gasteiger partial charge in [0.15, 0.2) is 0 Å². The molecule has 0 fully saturated rings. The molecule has 2 unspecified atom stereocenters. The number of hydrogen-bond acceptors (Lipinski definition) is 9. The second-order valence-electron chi connectivity index (χ2n) is 18.5. The SMILES string of the molecule is C=Cc1c(C)c2cc3nc(c(CC(=O)OCCOCCOC(=O)CCCCCCC/C=C\CCCCCCCC)c4nc(cc5[nH]c(cc1[nH]2)c(C)c5CC)C(C)=C4C(=O)O)C(CCC(=O)O)C3C. The highest BCUT2D eigenvalue weighted by atomic mass is 16.6. The van der Waals surface area contributed by atoms with Crippen LogP contribution in [0.5, 0.6) is 0 Å². The van der Waals surface area contributed by atoms with Crippen LogP contribution >= 0.6 is 0 Å². The highest BCUT2D eigenvalue weighted by molar-refractivity contribution is 6.24. The minimum Gasteiger partial charge on any atom is -0.481 e. The van der Waals surface area contributed by atoms with Crippen LogP contribution in [0, 0.1) is 13.8 Å². The standard InChI is InChI=1S/C56H76N4O9/c1-8-11-12-13-14-15-16-17-18-19-20-21-22-23-24-25-51(63)68-30-28-67-29-31-69-52(64)32-43-54-42(26-27-50(61)62)38(6)46(59-54)33-44-36(4)40(9-2)48(57-44)34-45-37(5)41(10-3)49(58-45)35-47-39(7)53(56(65)66)55(43)60-47/h9,17-18,33-35,38,42,57-58H,2,8,10-16,19-32H2,1,3-7H3,(H,61,62)(H,65,66)/b18-17-,44-33?,45-34?,46-33?,47-35?,48-34?,49-35?,54-43?,55-43?. The summed E-state index contributed by atoms with van der Waals surface area (Å²) in [6, 6.07) is 5.83. The van der Waals surface area contributed by atoms with E-state index < -0.39 is 23.8 Å². The number of esters is 2. The van der Waals surface area contributed by atoms with E-state index in [4.69, 9.17) is 24.2 Å². The first kappa shape index (κ1) is 54.1. The Balaban J connectivity index is 1.26. The van der Waals surface area contributed by atoms with Crippen molar-refractivity contribution in [1.82, 2.24) is 19.9 Å². The van der Waals surface area contributed by atoms with Gasteiger partial charge in [0, 0.05) is 63.6 Å². The van der Waals surface area contributed by atoms with E-state index in [1.165, 1.54) is 51.4 Å². The average molecular weight is 949 g/mol. The van der Waals surface area contributed by atoms with Gasteiger partial charge < -0.3 is 34.4 Å². The molecule has 3 aromatic rings. The van der Waals surface area contributed by atoms with Gasteiger partial charge in [-0.2, -0.15) is 0 Å². The second kappa shape index (κ2) is 27.4. The fraction of sp³-hybridized carbons (Fsp3) is 0.536. The van der Waals surface area contributed by atoms with E-state index in [0.29, 0.717) is 35.5 Å². The Kier molecular flexibility index (Phi) is 21.5. The van der Waals surface area contributed by atoms with E-state index in [9.17, 15) is 29.4 Å². The molecule has 5 heterocycles. The monoisotopic (exact) mass is 949 g/mol. The Hall–Kier alpha value is -5.82. The van der Waals surface area contributed by atoms with Crippen LogP contribution in [0.25, 0.3) is 39.3 Å². The van der Waals surface area contributed by atoms with Crippen molar-refractivity contribution >= 4 is 63.2 Å². The minimum atomic E-state index is -1.22. The van der Waals surface area contributed by atoms with Gasteiger partial charge in [-0.3, -0.25) is 19.4 Å². The number of aliphatic carboxylic acids is 2. The third kappa shape index (κ3) is 15.1. The van der Waals surface area contributed by atoms with E-state index in [-0.39, 0.29) is 74.4 Å². The van der Waals surface area contributed by atoms with Crippen LogP contribution in [0.4, 0.5) is 0 Å². The van der Waals surface area contributed by atoms with Crippen molar-refractivity contribution in [2.45, 2.75) is 169 Å². The number of H-pyrrole nitrogens is 2. The highest BCUT2D eigenvalue weighted by Crippen LogP contribution is 2.44. The lowest BCUT2D eigenvalue weighted by atomic mass is 9.84. The van der Waals surface area contributed by atoms with Crippen LogP contribution in [0.15, 0.2) is 36.9 Å². The first-order chi connectivity index (χ1) is 33.3. The lowest BCUT2D eigenvalue weighted by Crippen LogP contribution is -2.18. The van der Waals surface area contributed by atoms with Crippen molar-refractivity contribution < 1.29 is 43.6 Å². The smallest absolute Gasteiger partial charge is 0.338 e. The summed E-state index contributed by atoms with van der Waals surface area (Å²) >= 11 is 0. The Morgan fingerprint density at radius 1 is 0.710 bits per heavy atom. The molecule has 374 valence electrons. The fourth-order valence-corrected chi connectivity index (χ4v) is 9.51. The summed E-state index contributed by atoms with van der Waals surface area (Å²) in [5.74, 6) is -3.91. The first-order valence-corrected chi connectivity index (χ1v) is 25.4. The highest BCUT2D eigenvalue weighted by Gasteiger charge is 2.36. The van der Waals surface area contributed by atoms with Gasteiger partial charge in [-0.1, -0.05) is 96.9 Å². The van der Waals surface area contributed by atoms with Gasteiger partial charge in [0.2, 0.25) is 0 Å². The van der Waals surface area contributed by atoms with E-state index in [2.05, 4.69) is 42.5 Å². The molecule has 0 saturated heterocycles. The van der Waals surface area contributed by atoms with E-state index >= 15 is 0 Å². The van der Waals surface area contributed by atoms with Crippen molar-refractivity contribution in [3.63, 3.8) is 0 Å². The van der Waals surface area contributed by atoms with E-state index in [0.717, 1.165) is 76.4 Å². The topological polar surface area (TPSA) is 194 Å². The zero-order valence-electron chi connectivity index (χ0n) is 42.0. The predicted molar refractivity (Wildman–Crippen MR) is 274 cm³/mol. The molecule has 8 bridgehead atoms. The van der Waals surface area contributed by atoms with Crippen LogP contribution in [0.1, 0.15) is 193 Å². The number of fused-ring (bicyclic) bond motifs is 8. The van der Waals surface area contributed by atoms with E-state index in [1.807, 2.05) is 45.0 Å². The lowest BCUT2D eigenvalue weighted by Gasteiger charge is -2.18. The maximum Gasteiger partial charge on any atom is 0.338 e. The Bertz CT molecular complexity index is 2510. The number of hydrogen-bond donors (Lipinski definition) is 4. The number of nitrogens with one attached hydrogen (secondary N) is 2. The van der Waals surface area contributed by atoms with Gasteiger partial charge in [-0.15, -0.1) is 0 Å². The Labute approximate surface area is 408 Å². The number of rotatable bonds is 29. The van der Waals surface area contributed by atoms with Gasteiger partial charge >= 0.3 is 23.9 Å². The number of carbonyl (C=O) groups excluding carboxylic acids is 2. The number of carboxylic acid groups (broad SMARTS) is 2. The molecule has 0 amide bonds. The molecule has 2 aliphatic heterocycles. The summed E-state index contributed by atoms with van der Waals surface area (Å²) in [7, 11) is 0. The quantitative estimate of drug-likeness (QED) is 0.0294. The molecule has 0 saturated carbocycles. The number of ether oxygens (including phenoxy) is 3. The van der Waals surface area contributed by atoms with Crippen molar-refractivity contribution in [2.24, 2.45) is 0 Å². The largest absolute Gasteiger partial charge is 0.481 e. The first-order valence-electron chi connectivity index (χ1n) is 25.4. The van der Waals surface area contributed by atoms with Gasteiger partial charge in [0.25, 0.3) is 0 Å². The molecule has 3 aromatic heterocycles. The van der Waals surface area contributed by atoms with Crippen molar-refractivity contribution in [3.8, 4) is 0 Å². The molecule has 2 aliphatic rings. The summed E-state index contributed by atoms with van der Waals surface area (Å²) in [6.07, 6.45) is 22.6. The zero-order valence-corrected chi connectivity index (χ0v) is 42.0. The molecule has 13 heteroatoms. The third-order valence-corrected chi connectivity index (χ3v) is 13.6. The number of unbranched alkanes of at least 4 members (excludes halogenated alkanes) is 11. The van der Waals surface area contributed by atoms with Crippen LogP contribution in [0.2, 0.25) is 0 Å². The average Bonchev–Trinajstić information content (AvgIpc) is 4.00. The Morgan fingerprint density at radius 2 is 1.33 bits per heavy atom. The molecule has 13 nitrogen and oxygen atoms in total. The van der Waals surface area contributed by atoms with Crippen LogP contribution in [0.3, 0.4) is 0 Å². The van der Waals surface area contributed by atoms with Gasteiger partial charge in [0.05, 0.1) is 42.3 Å². The zero-order chi connectivity index (χ0) is 49.9. The fourth-order valence-electron chi connectivity index (χ4n) is 9.51. The second-order valence-corrected chi connectivity index (χ2v) is 18.5. The van der Waals surface area contributed by atoms with Crippen molar-refractivity contribution in [3.05, 3.63) is 87.5 Å². The molecule has 2 atom stereocenters. The number of aryl methyl sites for hydroxylation is 3. The van der Waals surface area contributed by atoms with Gasteiger partial charge in [-0.05, 0) is 106 Å². The molecular formula is C56H76N4O9. The van der Waals surface area contributed by atoms with Crippen LogP contribution < -0.4 is 0 Å². The molecule has 69 heavy (non-hydrogen) atoms. The summed E-state index contributed by atoms with van der Waals surface area (Å²) in [5, 5.41) is 20.6. The van der Waals surface area contributed by atoms with E-state index in [1.54, 1.807) is 6.92 Å². The normalized spacial score (nSPS) is 14.7. The number of aromatic amines is 2. The minimum absolute atomic E-state index is 0.0467. The number of nitrogens with zero attached hydrogens (tertiary/aromatic N) is 2. The molecular weight excluding hydrogens is 873 g/mol. The number of aromatic nitrogens is 4. The predicted octanol–water partition coefficient (Wildman–Crippen LogP) is 12.6. The third-order valence-electron chi connectivity index (χ3n) is 13.6. The van der Waals surface area contributed by atoms with Crippen molar-refractivity contribution in [2.75, 3.05) is 26.4 Å². The van der Waals surface area contributed by atoms with Crippen LogP contribution in [-0.2, 0) is 46.2 Å². The Morgan fingerprint density at radius 3 is 1.97 bits per heavy atom. The number of carbonyl (C=O) groups is 4. The molecule has 0 aliphatic carbocycles. The summed E-state index contributed by atoms with van der Waals surface area (Å²) in [6.45, 7) is 16.3. The van der Waals surface area contributed by atoms with Crippen LogP contribution in [-0.4, -0.2) is 80.5 Å². The molecule has 0 aromatic carbocycles. The van der Waals surface area contributed by atoms with Gasteiger partial charge in [0.1, 0.15) is 13.2 Å².